The zero-order valence-corrected chi connectivity index (χ0v) is 9.95. The molecular weight excluding hydrogens is 249 g/mol. The minimum atomic E-state index is -1.52. The van der Waals surface area contributed by atoms with Crippen LogP contribution >= 0.6 is 11.8 Å². The molecule has 0 saturated heterocycles. The van der Waals surface area contributed by atoms with Crippen LogP contribution < -0.4 is 0 Å². The molecule has 0 heterocycles. The molecule has 0 unspecified atom stereocenters. The molecule has 1 aromatic carbocycles. The second kappa shape index (κ2) is 5.13. The van der Waals surface area contributed by atoms with Gasteiger partial charge in [-0.25, -0.2) is 9.18 Å². The van der Waals surface area contributed by atoms with Gasteiger partial charge in [-0.1, -0.05) is 13.8 Å². The molecule has 0 atom stereocenters. The van der Waals surface area contributed by atoms with E-state index < -0.39 is 22.3 Å². The Morgan fingerprint density at radius 3 is 2.53 bits per heavy atom. The fourth-order valence-electron chi connectivity index (χ4n) is 1.20. The van der Waals surface area contributed by atoms with Crippen molar-refractivity contribution in [3.63, 3.8) is 0 Å². The van der Waals surface area contributed by atoms with Crippen LogP contribution in [0, 0.1) is 15.9 Å². The summed E-state index contributed by atoms with van der Waals surface area (Å²) < 4.78 is 13.4. The number of halogens is 1. The van der Waals surface area contributed by atoms with E-state index in [9.17, 15) is 19.3 Å². The van der Waals surface area contributed by atoms with Gasteiger partial charge in [0.15, 0.2) is 0 Å². The number of thioether (sulfide) groups is 1. The predicted octanol–water partition coefficient (Wildman–Crippen LogP) is 2.93. The van der Waals surface area contributed by atoms with Crippen molar-refractivity contribution in [3.05, 3.63) is 33.6 Å². The van der Waals surface area contributed by atoms with Gasteiger partial charge in [0.25, 0.3) is 5.69 Å². The molecule has 1 aromatic rings. The maximum atomic E-state index is 13.4. The summed E-state index contributed by atoms with van der Waals surface area (Å²) >= 11 is 1.11. The van der Waals surface area contributed by atoms with E-state index in [0.29, 0.717) is 0 Å². The van der Waals surface area contributed by atoms with Gasteiger partial charge in [-0.05, 0) is 6.07 Å². The Hall–Kier alpha value is -1.63. The lowest BCUT2D eigenvalue weighted by molar-refractivity contribution is -0.387. The number of benzene rings is 1. The molecule has 0 aliphatic rings. The summed E-state index contributed by atoms with van der Waals surface area (Å²) in [5.41, 5.74) is -1.08. The summed E-state index contributed by atoms with van der Waals surface area (Å²) in [6.07, 6.45) is 0. The van der Waals surface area contributed by atoms with Crippen molar-refractivity contribution < 1.29 is 19.2 Å². The van der Waals surface area contributed by atoms with E-state index >= 15 is 0 Å². The van der Waals surface area contributed by atoms with Gasteiger partial charge in [0, 0.05) is 11.3 Å². The molecule has 92 valence electrons. The Bertz CT molecular complexity index is 476. The number of carbonyl (C=O) groups is 1. The van der Waals surface area contributed by atoms with Crippen LogP contribution in [0.4, 0.5) is 10.1 Å². The lowest BCUT2D eigenvalue weighted by Gasteiger charge is -2.07. The minimum absolute atomic E-state index is 0.0313. The van der Waals surface area contributed by atoms with E-state index in [-0.39, 0.29) is 15.8 Å². The van der Waals surface area contributed by atoms with Crippen LogP contribution in [0.25, 0.3) is 0 Å². The van der Waals surface area contributed by atoms with Gasteiger partial charge in [-0.3, -0.25) is 10.1 Å². The van der Waals surface area contributed by atoms with Gasteiger partial charge < -0.3 is 5.11 Å². The number of nitro benzene ring substituents is 1. The second-order valence-corrected chi connectivity index (χ2v) is 5.15. The molecule has 0 radical (unpaired) electrons. The molecule has 0 saturated carbocycles. The molecule has 7 heteroatoms. The first-order valence-electron chi connectivity index (χ1n) is 4.70. The van der Waals surface area contributed by atoms with E-state index in [2.05, 4.69) is 0 Å². The highest BCUT2D eigenvalue weighted by Gasteiger charge is 2.22. The number of hydrogen-bond donors (Lipinski definition) is 1. The van der Waals surface area contributed by atoms with E-state index in [1.807, 2.05) is 0 Å². The Labute approximate surface area is 101 Å². The quantitative estimate of drug-likeness (QED) is 0.510. The van der Waals surface area contributed by atoms with Gasteiger partial charge in [-0.2, -0.15) is 0 Å². The highest BCUT2D eigenvalue weighted by atomic mass is 32.2. The van der Waals surface area contributed by atoms with Crippen molar-refractivity contribution in [1.29, 1.82) is 0 Å². The fraction of sp³-hybridized carbons (Fsp3) is 0.300. The molecule has 0 aliphatic carbocycles. The van der Waals surface area contributed by atoms with Gasteiger partial charge >= 0.3 is 5.97 Å². The largest absolute Gasteiger partial charge is 0.478 e. The second-order valence-electron chi connectivity index (χ2n) is 3.53. The molecule has 1 rings (SSSR count). The van der Waals surface area contributed by atoms with Crippen molar-refractivity contribution in [1.82, 2.24) is 0 Å². The average molecular weight is 259 g/mol. The Morgan fingerprint density at radius 1 is 1.53 bits per heavy atom. The molecule has 0 fully saturated rings. The summed E-state index contributed by atoms with van der Waals surface area (Å²) in [4.78, 5) is 20.8. The third kappa shape index (κ3) is 3.16. The number of carboxylic acid groups (broad SMARTS) is 1. The Balaban J connectivity index is 3.35. The van der Waals surface area contributed by atoms with Crippen LogP contribution in [0.15, 0.2) is 17.0 Å². The van der Waals surface area contributed by atoms with Crippen molar-refractivity contribution in [2.45, 2.75) is 24.0 Å². The first-order chi connectivity index (χ1) is 7.82. The van der Waals surface area contributed by atoms with Gasteiger partial charge in [0.05, 0.1) is 9.82 Å². The monoisotopic (exact) mass is 259 g/mol. The van der Waals surface area contributed by atoms with Crippen LogP contribution in [-0.2, 0) is 0 Å². The maximum absolute atomic E-state index is 13.4. The smallest absolute Gasteiger partial charge is 0.338 e. The lowest BCUT2D eigenvalue weighted by Crippen LogP contribution is -2.04. The highest BCUT2D eigenvalue weighted by Crippen LogP contribution is 2.34. The summed E-state index contributed by atoms with van der Waals surface area (Å²) in [7, 11) is 0. The molecular formula is C10H10FNO4S. The highest BCUT2D eigenvalue weighted by molar-refractivity contribution is 8.00. The van der Waals surface area contributed by atoms with Crippen LogP contribution in [0.1, 0.15) is 24.2 Å². The van der Waals surface area contributed by atoms with Crippen molar-refractivity contribution in [3.8, 4) is 0 Å². The fourth-order valence-corrected chi connectivity index (χ4v) is 2.13. The zero-order valence-electron chi connectivity index (χ0n) is 9.14. The summed E-state index contributed by atoms with van der Waals surface area (Å²) in [6.45, 7) is 3.61. The Kier molecular flexibility index (Phi) is 4.06. The standard InChI is InChI=1S/C10H10FNO4S/c1-5(2)17-9-4-7(11)6(10(13)14)3-8(9)12(15)16/h3-5H,1-2H3,(H,13,14). The molecule has 0 spiro atoms. The molecule has 0 aromatic heterocycles. The molecule has 1 N–H and O–H groups in total. The number of aromatic carboxylic acids is 1. The zero-order chi connectivity index (χ0) is 13.2. The third-order valence-electron chi connectivity index (χ3n) is 1.84. The summed E-state index contributed by atoms with van der Waals surface area (Å²) in [5, 5.41) is 19.5. The van der Waals surface area contributed by atoms with Crippen LogP contribution in [0.3, 0.4) is 0 Å². The number of nitrogens with zero attached hydrogens (tertiary/aromatic N) is 1. The number of carboxylic acids is 1. The lowest BCUT2D eigenvalue weighted by atomic mass is 10.2. The van der Waals surface area contributed by atoms with Gasteiger partial charge in [0.2, 0.25) is 0 Å². The number of hydrogen-bond acceptors (Lipinski definition) is 4. The SMILES string of the molecule is CC(C)Sc1cc(F)c(C(=O)O)cc1[N+](=O)[O-]. The van der Waals surface area contributed by atoms with E-state index in [1.165, 1.54) is 0 Å². The van der Waals surface area contributed by atoms with Crippen LogP contribution in [0.2, 0.25) is 0 Å². The summed E-state index contributed by atoms with van der Waals surface area (Å²) in [6, 6.07) is 1.65. The first kappa shape index (κ1) is 13.4. The molecule has 17 heavy (non-hydrogen) atoms. The van der Waals surface area contributed by atoms with Crippen LogP contribution in [-0.4, -0.2) is 21.2 Å². The van der Waals surface area contributed by atoms with Gasteiger partial charge in [0.1, 0.15) is 11.4 Å². The topological polar surface area (TPSA) is 80.4 Å². The average Bonchev–Trinajstić information content (AvgIpc) is 2.15. The maximum Gasteiger partial charge on any atom is 0.338 e. The normalized spacial score (nSPS) is 10.6. The number of rotatable bonds is 4. The molecule has 0 aliphatic heterocycles. The first-order valence-corrected chi connectivity index (χ1v) is 5.58. The van der Waals surface area contributed by atoms with E-state index in [0.717, 1.165) is 23.9 Å². The molecule has 0 amide bonds. The Morgan fingerprint density at radius 2 is 2.12 bits per heavy atom. The predicted molar refractivity (Wildman–Crippen MR) is 61.0 cm³/mol. The van der Waals surface area contributed by atoms with Crippen molar-refractivity contribution >= 4 is 23.4 Å². The third-order valence-corrected chi connectivity index (χ3v) is 2.89. The van der Waals surface area contributed by atoms with Gasteiger partial charge in [-0.15, -0.1) is 11.8 Å². The van der Waals surface area contributed by atoms with E-state index in [4.69, 9.17) is 5.11 Å². The van der Waals surface area contributed by atoms with Crippen LogP contribution in [0.5, 0.6) is 0 Å². The summed E-state index contributed by atoms with van der Waals surface area (Å²) in [5.74, 6) is -2.49. The van der Waals surface area contributed by atoms with E-state index in [1.54, 1.807) is 13.8 Å². The number of nitro groups is 1. The molecule has 0 bridgehead atoms. The molecule has 5 nitrogen and oxygen atoms in total. The van der Waals surface area contributed by atoms with Crippen molar-refractivity contribution in [2.24, 2.45) is 0 Å². The minimum Gasteiger partial charge on any atom is -0.478 e. The van der Waals surface area contributed by atoms with Crippen molar-refractivity contribution in [2.75, 3.05) is 0 Å².